The van der Waals surface area contributed by atoms with Crippen molar-refractivity contribution in [2.24, 2.45) is 5.16 Å². The van der Waals surface area contributed by atoms with Crippen molar-refractivity contribution < 1.29 is 32.7 Å². The number of hydrogen-bond donors (Lipinski definition) is 3. The number of oxime groups is 1. The maximum Gasteiger partial charge on any atom is 0.435 e. The third kappa shape index (κ3) is 4.07. The highest BCUT2D eigenvalue weighted by molar-refractivity contribution is 6.07. The number of carbonyl (C=O) groups is 2. The first-order valence-corrected chi connectivity index (χ1v) is 9.22. The summed E-state index contributed by atoms with van der Waals surface area (Å²) in [6.07, 6.45) is -5.49. The van der Waals surface area contributed by atoms with Crippen molar-refractivity contribution in [1.82, 2.24) is 0 Å². The highest BCUT2D eigenvalue weighted by Crippen LogP contribution is 2.47. The van der Waals surface area contributed by atoms with Gasteiger partial charge in [-0.05, 0) is 55.3 Å². The van der Waals surface area contributed by atoms with E-state index in [0.717, 1.165) is 6.21 Å². The van der Waals surface area contributed by atoms with Gasteiger partial charge in [-0.1, -0.05) is 5.16 Å². The molecule has 0 bridgehead atoms. The molecule has 1 unspecified atom stereocenters. The number of alkyl halides is 3. The third-order valence-corrected chi connectivity index (χ3v) is 4.99. The van der Waals surface area contributed by atoms with Crippen LogP contribution < -0.4 is 10.6 Å². The lowest BCUT2D eigenvalue weighted by Gasteiger charge is -2.30. The van der Waals surface area contributed by atoms with Crippen LogP contribution in [-0.2, 0) is 10.4 Å². The molecule has 8 nitrogen and oxygen atoms in total. The summed E-state index contributed by atoms with van der Waals surface area (Å²) in [6, 6.07) is 8.18. The summed E-state index contributed by atoms with van der Waals surface area (Å²) in [4.78, 5) is 28.4. The number of hydrogen-bond acceptors (Lipinski definition) is 5. The minimum Gasteiger partial charge on any atom is -0.465 e. The second-order valence-corrected chi connectivity index (χ2v) is 7.15. The minimum absolute atomic E-state index is 0.00195. The lowest BCUT2D eigenvalue weighted by molar-refractivity contribution is -0.275. The number of rotatable bonds is 4. The number of halogens is 3. The molecule has 1 atom stereocenters. The highest BCUT2D eigenvalue weighted by atomic mass is 19.4. The van der Waals surface area contributed by atoms with Crippen LogP contribution in [-0.4, -0.2) is 29.5 Å². The van der Waals surface area contributed by atoms with E-state index in [2.05, 4.69) is 15.8 Å². The molecule has 2 amide bonds. The largest absolute Gasteiger partial charge is 0.465 e. The van der Waals surface area contributed by atoms with Crippen LogP contribution in [0.4, 0.5) is 29.3 Å². The van der Waals surface area contributed by atoms with Gasteiger partial charge in [-0.2, -0.15) is 18.4 Å². The molecule has 2 aromatic rings. The first kappa shape index (κ1) is 22.6. The smallest absolute Gasteiger partial charge is 0.435 e. The zero-order valence-electron chi connectivity index (χ0n) is 16.9. The van der Waals surface area contributed by atoms with Gasteiger partial charge in [-0.25, -0.2) is 4.79 Å². The van der Waals surface area contributed by atoms with E-state index in [-0.39, 0.29) is 28.1 Å². The van der Waals surface area contributed by atoms with Crippen LogP contribution in [0.1, 0.15) is 39.0 Å². The molecule has 166 valence electrons. The Bertz CT molecular complexity index is 1140. The van der Waals surface area contributed by atoms with Gasteiger partial charge in [0.1, 0.15) is 0 Å². The van der Waals surface area contributed by atoms with Crippen molar-refractivity contribution in [2.75, 3.05) is 10.6 Å². The monoisotopic (exact) mass is 446 g/mol. The van der Waals surface area contributed by atoms with Gasteiger partial charge in [0.15, 0.2) is 0 Å². The first-order valence-electron chi connectivity index (χ1n) is 9.22. The molecule has 1 aliphatic heterocycles. The standard InChI is InChI=1S/C21H17F3N4O4/c1-11-7-14(20(21(22,23)24)5-6-26-32-20)8-12(2)17(11)28-18(29)16-9-15(27-19(30)31)4-3-13(16)10-25/h3-4,6-9,27H,5H2,1-2H3,(H,28,29)(H,30,31). The van der Waals surface area contributed by atoms with E-state index in [0.29, 0.717) is 11.1 Å². The zero-order chi connectivity index (χ0) is 23.7. The van der Waals surface area contributed by atoms with Crippen LogP contribution in [0.15, 0.2) is 35.5 Å². The Morgan fingerprint density at radius 1 is 1.19 bits per heavy atom. The summed E-state index contributed by atoms with van der Waals surface area (Å²) in [5, 5.41) is 26.1. The van der Waals surface area contributed by atoms with Gasteiger partial charge >= 0.3 is 12.3 Å². The number of carboxylic acid groups (broad SMARTS) is 1. The molecular formula is C21H17F3N4O4. The van der Waals surface area contributed by atoms with Gasteiger partial charge in [-0.15, -0.1) is 0 Å². The predicted octanol–water partition coefficient (Wildman–Crippen LogP) is 4.68. The summed E-state index contributed by atoms with van der Waals surface area (Å²) in [7, 11) is 0. The lowest BCUT2D eigenvalue weighted by atomic mass is 9.87. The van der Waals surface area contributed by atoms with Gasteiger partial charge in [0.05, 0.1) is 17.2 Å². The number of aryl methyl sites for hydroxylation is 2. The van der Waals surface area contributed by atoms with E-state index in [1.807, 2.05) is 6.07 Å². The Kier molecular flexibility index (Phi) is 5.81. The molecule has 1 aliphatic rings. The Balaban J connectivity index is 1.97. The van der Waals surface area contributed by atoms with E-state index in [1.165, 1.54) is 44.2 Å². The summed E-state index contributed by atoms with van der Waals surface area (Å²) in [6.45, 7) is 3.05. The van der Waals surface area contributed by atoms with Crippen LogP contribution in [0.3, 0.4) is 0 Å². The number of anilines is 2. The van der Waals surface area contributed by atoms with Crippen molar-refractivity contribution in [2.45, 2.75) is 32.0 Å². The number of benzene rings is 2. The maximum atomic E-state index is 13.8. The van der Waals surface area contributed by atoms with Crippen molar-refractivity contribution in [3.05, 3.63) is 58.1 Å². The summed E-state index contributed by atoms with van der Waals surface area (Å²) < 4.78 is 41.3. The Morgan fingerprint density at radius 2 is 1.84 bits per heavy atom. The Morgan fingerprint density at radius 3 is 2.34 bits per heavy atom. The molecule has 0 aliphatic carbocycles. The van der Waals surface area contributed by atoms with Crippen LogP contribution in [0.5, 0.6) is 0 Å². The predicted molar refractivity (Wildman–Crippen MR) is 109 cm³/mol. The van der Waals surface area contributed by atoms with Gasteiger partial charge in [0.2, 0.25) is 0 Å². The summed E-state index contributed by atoms with van der Waals surface area (Å²) in [5.74, 6) is -0.722. The van der Waals surface area contributed by atoms with Crippen molar-refractivity contribution in [3.63, 3.8) is 0 Å². The van der Waals surface area contributed by atoms with E-state index in [4.69, 9.17) is 9.94 Å². The molecule has 3 N–H and O–H groups in total. The molecular weight excluding hydrogens is 429 g/mol. The molecule has 0 spiro atoms. The molecule has 0 radical (unpaired) electrons. The zero-order valence-corrected chi connectivity index (χ0v) is 16.9. The average molecular weight is 446 g/mol. The lowest BCUT2D eigenvalue weighted by Crippen LogP contribution is -2.42. The van der Waals surface area contributed by atoms with E-state index in [9.17, 15) is 28.0 Å². The molecule has 11 heteroatoms. The molecule has 0 saturated heterocycles. The number of amides is 2. The molecule has 3 rings (SSSR count). The molecule has 0 fully saturated rings. The fourth-order valence-corrected chi connectivity index (χ4v) is 3.44. The van der Waals surface area contributed by atoms with E-state index < -0.39 is 30.2 Å². The fourth-order valence-electron chi connectivity index (χ4n) is 3.44. The molecule has 0 saturated carbocycles. The fraction of sp³-hybridized carbons (Fsp3) is 0.238. The van der Waals surface area contributed by atoms with Crippen molar-refractivity contribution in [1.29, 1.82) is 5.26 Å². The van der Waals surface area contributed by atoms with Crippen LogP contribution in [0.2, 0.25) is 0 Å². The molecule has 1 heterocycles. The quantitative estimate of drug-likeness (QED) is 0.629. The van der Waals surface area contributed by atoms with E-state index in [1.54, 1.807) is 0 Å². The molecule has 0 aromatic heterocycles. The average Bonchev–Trinajstić information content (AvgIpc) is 3.21. The Hall–Kier alpha value is -4.07. The number of nitrogens with zero attached hydrogens (tertiary/aromatic N) is 2. The summed E-state index contributed by atoms with van der Waals surface area (Å²) in [5.41, 5.74) is -1.83. The normalized spacial score (nSPS) is 17.4. The number of nitrogens with one attached hydrogen (secondary N) is 2. The molecule has 32 heavy (non-hydrogen) atoms. The minimum atomic E-state index is -4.72. The summed E-state index contributed by atoms with van der Waals surface area (Å²) >= 11 is 0. The van der Waals surface area contributed by atoms with Gasteiger partial charge in [0.25, 0.3) is 11.5 Å². The Labute approximate surface area is 180 Å². The van der Waals surface area contributed by atoms with Crippen LogP contribution in [0.25, 0.3) is 0 Å². The molecule has 2 aromatic carbocycles. The van der Waals surface area contributed by atoms with Gasteiger partial charge in [0, 0.05) is 29.6 Å². The van der Waals surface area contributed by atoms with Crippen LogP contribution in [0, 0.1) is 25.2 Å². The first-order chi connectivity index (χ1) is 15.0. The topological polar surface area (TPSA) is 124 Å². The van der Waals surface area contributed by atoms with Crippen molar-refractivity contribution >= 4 is 29.6 Å². The van der Waals surface area contributed by atoms with E-state index >= 15 is 0 Å². The second-order valence-electron chi connectivity index (χ2n) is 7.15. The van der Waals surface area contributed by atoms with Gasteiger partial charge < -0.3 is 15.3 Å². The van der Waals surface area contributed by atoms with Gasteiger partial charge in [-0.3, -0.25) is 10.1 Å². The second kappa shape index (κ2) is 8.22. The van der Waals surface area contributed by atoms with Crippen molar-refractivity contribution in [3.8, 4) is 6.07 Å². The van der Waals surface area contributed by atoms with Crippen LogP contribution >= 0.6 is 0 Å². The SMILES string of the molecule is Cc1cc(C2(C(F)(F)F)CC=NO2)cc(C)c1NC(=O)c1cc(NC(=O)O)ccc1C#N. The number of carbonyl (C=O) groups excluding carboxylic acids is 1. The third-order valence-electron chi connectivity index (χ3n) is 4.99. The maximum absolute atomic E-state index is 13.8. The number of nitriles is 1. The highest BCUT2D eigenvalue weighted by Gasteiger charge is 2.60.